The van der Waals surface area contributed by atoms with Gasteiger partial charge in [0.15, 0.2) is 0 Å². The summed E-state index contributed by atoms with van der Waals surface area (Å²) in [5, 5.41) is 0.0307. The summed E-state index contributed by atoms with van der Waals surface area (Å²) in [6.45, 7) is 1.30. The number of esters is 1. The smallest absolute Gasteiger partial charge is 0.416 e. The van der Waals surface area contributed by atoms with Crippen LogP contribution in [-0.2, 0) is 27.5 Å². The highest BCUT2D eigenvalue weighted by Crippen LogP contribution is 2.38. The third-order valence-electron chi connectivity index (χ3n) is 5.36. The molecular formula is C25H19BrF3N3O4S. The number of aromatic nitrogens is 2. The standard InChI is InChI=1S/C25H19BrF3N3O4S/c1-2-36-24(33)21-14-31-22-12-17(25(27,28)29)5-10-20(22)23(21)32(15-16-4-3-11-30-13-16)37(34,35)19-8-6-18(26)7-9-19/h3-14H,2,15H2,1H3. The van der Waals surface area contributed by atoms with Crippen LogP contribution >= 0.6 is 15.9 Å². The Morgan fingerprint density at radius 1 is 1.08 bits per heavy atom. The molecule has 192 valence electrons. The number of alkyl halides is 3. The van der Waals surface area contributed by atoms with Gasteiger partial charge in [0.1, 0.15) is 5.56 Å². The molecule has 0 atom stereocenters. The van der Waals surface area contributed by atoms with Crippen LogP contribution in [0.5, 0.6) is 0 Å². The molecule has 2 aromatic carbocycles. The average Bonchev–Trinajstić information content (AvgIpc) is 2.87. The summed E-state index contributed by atoms with van der Waals surface area (Å²) in [5.41, 5.74) is -0.977. The molecule has 0 N–H and O–H groups in total. The Morgan fingerprint density at radius 3 is 2.43 bits per heavy atom. The van der Waals surface area contributed by atoms with E-state index in [-0.39, 0.29) is 40.2 Å². The molecule has 0 saturated heterocycles. The van der Waals surface area contributed by atoms with Crippen molar-refractivity contribution in [2.24, 2.45) is 0 Å². The largest absolute Gasteiger partial charge is 0.462 e. The normalized spacial score (nSPS) is 11.9. The molecule has 12 heteroatoms. The zero-order valence-corrected chi connectivity index (χ0v) is 21.6. The van der Waals surface area contributed by atoms with Gasteiger partial charge in [-0.2, -0.15) is 13.2 Å². The molecule has 0 unspecified atom stereocenters. The summed E-state index contributed by atoms with van der Waals surface area (Å²) in [6, 6.07) is 11.8. The zero-order valence-electron chi connectivity index (χ0n) is 19.2. The summed E-state index contributed by atoms with van der Waals surface area (Å²) in [4.78, 5) is 20.9. The maximum atomic E-state index is 14.0. The van der Waals surface area contributed by atoms with Gasteiger partial charge in [-0.25, -0.2) is 13.2 Å². The van der Waals surface area contributed by atoms with E-state index in [0.29, 0.717) is 10.0 Å². The Morgan fingerprint density at radius 2 is 1.81 bits per heavy atom. The van der Waals surface area contributed by atoms with E-state index in [1.54, 1.807) is 31.2 Å². The Hall–Kier alpha value is -3.51. The summed E-state index contributed by atoms with van der Waals surface area (Å²) >= 11 is 3.27. The van der Waals surface area contributed by atoms with Crippen LogP contribution in [0.4, 0.5) is 18.9 Å². The van der Waals surface area contributed by atoms with Crippen molar-refractivity contribution in [3.05, 3.63) is 94.4 Å². The number of ether oxygens (including phenoxy) is 1. The van der Waals surface area contributed by atoms with Crippen molar-refractivity contribution in [2.45, 2.75) is 24.5 Å². The quantitative estimate of drug-likeness (QED) is 0.245. The number of benzene rings is 2. The van der Waals surface area contributed by atoms with Crippen molar-refractivity contribution in [2.75, 3.05) is 10.9 Å². The molecule has 4 aromatic rings. The number of fused-ring (bicyclic) bond motifs is 1. The molecule has 0 saturated carbocycles. The third kappa shape index (κ3) is 5.59. The van der Waals surface area contributed by atoms with Gasteiger partial charge in [-0.3, -0.25) is 14.3 Å². The van der Waals surface area contributed by atoms with Gasteiger partial charge in [-0.15, -0.1) is 0 Å². The molecule has 0 aliphatic rings. The predicted octanol–water partition coefficient (Wildman–Crippen LogP) is 5.98. The van der Waals surface area contributed by atoms with Crippen LogP contribution in [0.25, 0.3) is 10.9 Å². The van der Waals surface area contributed by atoms with Gasteiger partial charge in [0.25, 0.3) is 10.0 Å². The third-order valence-corrected chi connectivity index (χ3v) is 7.65. The number of carbonyl (C=O) groups is 1. The van der Waals surface area contributed by atoms with Crippen LogP contribution in [0, 0.1) is 0 Å². The van der Waals surface area contributed by atoms with Crippen LogP contribution in [0.1, 0.15) is 28.4 Å². The predicted molar refractivity (Wildman–Crippen MR) is 134 cm³/mol. The minimum Gasteiger partial charge on any atom is -0.462 e. The number of rotatable bonds is 7. The lowest BCUT2D eigenvalue weighted by molar-refractivity contribution is -0.137. The number of anilines is 1. The highest BCUT2D eigenvalue weighted by Gasteiger charge is 2.34. The lowest BCUT2D eigenvalue weighted by atomic mass is 10.1. The summed E-state index contributed by atoms with van der Waals surface area (Å²) in [7, 11) is -4.34. The van der Waals surface area contributed by atoms with Gasteiger partial charge in [-0.05, 0) is 55.0 Å². The van der Waals surface area contributed by atoms with Crippen LogP contribution < -0.4 is 4.31 Å². The van der Waals surface area contributed by atoms with E-state index in [1.807, 2.05) is 0 Å². The molecule has 2 heterocycles. The van der Waals surface area contributed by atoms with Crippen molar-refractivity contribution in [1.82, 2.24) is 9.97 Å². The summed E-state index contributed by atoms with van der Waals surface area (Å²) < 4.78 is 74.9. The Kier molecular flexibility index (Phi) is 7.51. The molecule has 0 aliphatic heterocycles. The van der Waals surface area contributed by atoms with E-state index < -0.39 is 27.7 Å². The summed E-state index contributed by atoms with van der Waals surface area (Å²) in [6.07, 6.45) is -0.640. The highest BCUT2D eigenvalue weighted by atomic mass is 79.9. The second-order valence-corrected chi connectivity index (χ2v) is 10.6. The minimum absolute atomic E-state index is 0.00854. The molecular weight excluding hydrogens is 575 g/mol. The number of pyridine rings is 2. The first-order valence-electron chi connectivity index (χ1n) is 10.9. The Bertz CT molecular complexity index is 1550. The molecule has 2 aromatic heterocycles. The lowest BCUT2D eigenvalue weighted by Crippen LogP contribution is -2.32. The van der Waals surface area contributed by atoms with Crippen LogP contribution in [0.15, 0.2) is 82.6 Å². The van der Waals surface area contributed by atoms with E-state index in [9.17, 15) is 26.4 Å². The number of carbonyl (C=O) groups excluding carboxylic acids is 1. The van der Waals surface area contributed by atoms with Gasteiger partial charge in [0.2, 0.25) is 0 Å². The molecule has 4 rings (SSSR count). The average molecular weight is 594 g/mol. The fourth-order valence-corrected chi connectivity index (χ4v) is 5.41. The second kappa shape index (κ2) is 10.5. The maximum Gasteiger partial charge on any atom is 0.416 e. The number of nitrogens with zero attached hydrogens (tertiary/aromatic N) is 3. The zero-order chi connectivity index (χ0) is 26.8. The number of sulfonamides is 1. The molecule has 0 fully saturated rings. The molecule has 0 radical (unpaired) electrons. The van der Waals surface area contributed by atoms with Gasteiger partial charge in [0.05, 0.1) is 34.8 Å². The van der Waals surface area contributed by atoms with Crippen molar-refractivity contribution in [1.29, 1.82) is 0 Å². The highest BCUT2D eigenvalue weighted by molar-refractivity contribution is 9.10. The first-order valence-corrected chi connectivity index (χ1v) is 13.1. The molecule has 37 heavy (non-hydrogen) atoms. The van der Waals surface area contributed by atoms with Crippen molar-refractivity contribution in [3.63, 3.8) is 0 Å². The first kappa shape index (κ1) is 26.6. The number of hydrogen-bond acceptors (Lipinski definition) is 6. The van der Waals surface area contributed by atoms with Crippen molar-refractivity contribution >= 4 is 48.5 Å². The molecule has 0 amide bonds. The fraction of sp³-hybridized carbons (Fsp3) is 0.160. The van der Waals surface area contributed by atoms with E-state index in [0.717, 1.165) is 28.7 Å². The van der Waals surface area contributed by atoms with Gasteiger partial charge in [-0.1, -0.05) is 28.1 Å². The molecule has 7 nitrogen and oxygen atoms in total. The Balaban J connectivity index is 2.03. The maximum absolute atomic E-state index is 14.0. The number of hydrogen-bond donors (Lipinski definition) is 0. The van der Waals surface area contributed by atoms with E-state index in [1.165, 1.54) is 24.5 Å². The molecule has 0 aliphatic carbocycles. The van der Waals surface area contributed by atoms with E-state index >= 15 is 0 Å². The van der Waals surface area contributed by atoms with Gasteiger partial charge in [0, 0.05) is 28.4 Å². The topological polar surface area (TPSA) is 89.5 Å². The van der Waals surface area contributed by atoms with Crippen LogP contribution in [0.2, 0.25) is 0 Å². The van der Waals surface area contributed by atoms with Gasteiger partial charge < -0.3 is 4.74 Å². The Labute approximate surface area is 219 Å². The summed E-state index contributed by atoms with van der Waals surface area (Å²) in [5.74, 6) is -0.867. The monoisotopic (exact) mass is 593 g/mol. The van der Waals surface area contributed by atoms with E-state index in [4.69, 9.17) is 4.74 Å². The van der Waals surface area contributed by atoms with Crippen molar-refractivity contribution < 1.29 is 31.1 Å². The second-order valence-electron chi connectivity index (χ2n) is 7.80. The lowest BCUT2D eigenvalue weighted by Gasteiger charge is -2.27. The van der Waals surface area contributed by atoms with Crippen LogP contribution in [-0.4, -0.2) is 31.0 Å². The fourth-order valence-electron chi connectivity index (χ4n) is 3.66. The van der Waals surface area contributed by atoms with Crippen molar-refractivity contribution in [3.8, 4) is 0 Å². The first-order chi connectivity index (χ1) is 17.5. The minimum atomic E-state index is -4.64. The van der Waals surface area contributed by atoms with Gasteiger partial charge >= 0.3 is 12.1 Å². The van der Waals surface area contributed by atoms with Crippen LogP contribution in [0.3, 0.4) is 0 Å². The number of halogens is 4. The SMILES string of the molecule is CCOC(=O)c1cnc2cc(C(F)(F)F)ccc2c1N(Cc1cccnc1)S(=O)(=O)c1ccc(Br)cc1. The molecule has 0 bridgehead atoms. The van der Waals surface area contributed by atoms with E-state index in [2.05, 4.69) is 25.9 Å². The molecule has 0 spiro atoms.